The van der Waals surface area contributed by atoms with E-state index >= 15 is 0 Å². The first kappa shape index (κ1) is 27.9. The van der Waals surface area contributed by atoms with Crippen LogP contribution in [0.1, 0.15) is 46.6 Å². The summed E-state index contributed by atoms with van der Waals surface area (Å²) in [4.78, 5) is 38.5. The Morgan fingerprint density at radius 3 is 2.31 bits per heavy atom. The Labute approximate surface area is 207 Å². The molecule has 2 rings (SSSR count). The van der Waals surface area contributed by atoms with Gasteiger partial charge in [0.05, 0.1) is 7.05 Å². The Morgan fingerprint density at radius 1 is 1.06 bits per heavy atom. The minimum Gasteiger partial charge on any atom is -0.460 e. The predicted octanol–water partition coefficient (Wildman–Crippen LogP) is 2.52. The van der Waals surface area contributed by atoms with Crippen LogP contribution in [0.3, 0.4) is 0 Å². The smallest absolute Gasteiger partial charge is 0.408 e. The van der Waals surface area contributed by atoms with Crippen molar-refractivity contribution in [1.82, 2.24) is 15.2 Å². The standard InChI is InChI=1S/C26H38N4O5/c1-19(2)16-22(24(32)34-15-14-30-13-12-29(6)18-30)27-23(31)21(17-20-10-8-7-9-11-20)28-25(33)35-26(3,4)5/h7-13,18-19,21-22H,14-17H2,1-6H3,(H-,27,28,31,33)/p+1/t21-,22-/m0/s1. The van der Waals surface area contributed by atoms with Gasteiger partial charge < -0.3 is 20.1 Å². The van der Waals surface area contributed by atoms with E-state index in [9.17, 15) is 14.4 Å². The zero-order chi connectivity index (χ0) is 26.0. The van der Waals surface area contributed by atoms with E-state index in [0.717, 1.165) is 5.56 Å². The summed E-state index contributed by atoms with van der Waals surface area (Å²) < 4.78 is 14.6. The molecule has 0 saturated heterocycles. The van der Waals surface area contributed by atoms with E-state index in [1.807, 2.05) is 79.1 Å². The van der Waals surface area contributed by atoms with Crippen LogP contribution in [-0.4, -0.2) is 46.8 Å². The largest absolute Gasteiger partial charge is 0.460 e. The SMILES string of the molecule is CC(C)C[C@H](NC(=O)[C@H](Cc1ccccc1)NC(=O)OC(C)(C)C)C(=O)OCCn1cc[n+](C)c1. The molecule has 1 aromatic carbocycles. The lowest BCUT2D eigenvalue weighted by molar-refractivity contribution is -0.671. The number of ether oxygens (including phenoxy) is 2. The monoisotopic (exact) mass is 487 g/mol. The fourth-order valence-corrected chi connectivity index (χ4v) is 3.45. The van der Waals surface area contributed by atoms with E-state index in [2.05, 4.69) is 10.6 Å². The first-order chi connectivity index (χ1) is 16.4. The quantitative estimate of drug-likeness (QED) is 0.375. The number of nitrogens with one attached hydrogen (secondary N) is 2. The second-order valence-corrected chi connectivity index (χ2v) is 10.1. The van der Waals surface area contributed by atoms with Crippen molar-refractivity contribution in [3.63, 3.8) is 0 Å². The summed E-state index contributed by atoms with van der Waals surface area (Å²) >= 11 is 0. The zero-order valence-electron chi connectivity index (χ0n) is 21.6. The summed E-state index contributed by atoms with van der Waals surface area (Å²) in [5, 5.41) is 5.45. The molecule has 0 radical (unpaired) electrons. The van der Waals surface area contributed by atoms with E-state index in [-0.39, 0.29) is 18.9 Å². The van der Waals surface area contributed by atoms with Gasteiger partial charge in [-0.25, -0.2) is 18.7 Å². The molecule has 0 saturated carbocycles. The summed E-state index contributed by atoms with van der Waals surface area (Å²) in [5.41, 5.74) is 0.157. The number of rotatable bonds is 11. The lowest BCUT2D eigenvalue weighted by atomic mass is 10.0. The maximum Gasteiger partial charge on any atom is 0.408 e. The van der Waals surface area contributed by atoms with E-state index in [1.54, 1.807) is 20.8 Å². The molecule has 2 atom stereocenters. The maximum absolute atomic E-state index is 13.2. The van der Waals surface area contributed by atoms with Crippen molar-refractivity contribution in [3.8, 4) is 0 Å². The molecule has 35 heavy (non-hydrogen) atoms. The molecule has 2 aromatic rings. The van der Waals surface area contributed by atoms with Gasteiger partial charge in [-0.3, -0.25) is 4.79 Å². The molecular formula is C26H39N4O5+. The van der Waals surface area contributed by atoms with Crippen molar-refractivity contribution in [2.75, 3.05) is 6.61 Å². The molecule has 2 amide bonds. The van der Waals surface area contributed by atoms with Crippen molar-refractivity contribution < 1.29 is 28.4 Å². The summed E-state index contributed by atoms with van der Waals surface area (Å²) in [6, 6.07) is 7.60. The Hall–Kier alpha value is -3.36. The van der Waals surface area contributed by atoms with E-state index in [4.69, 9.17) is 9.47 Å². The Kier molecular flexibility index (Phi) is 10.3. The van der Waals surface area contributed by atoms with Crippen LogP contribution in [0.4, 0.5) is 4.79 Å². The lowest BCUT2D eigenvalue weighted by Crippen LogP contribution is -2.53. The van der Waals surface area contributed by atoms with Crippen molar-refractivity contribution in [2.45, 2.75) is 71.7 Å². The van der Waals surface area contributed by atoms with Gasteiger partial charge in [0.25, 0.3) is 0 Å². The summed E-state index contributed by atoms with van der Waals surface area (Å²) in [6.07, 6.45) is 5.63. The van der Waals surface area contributed by atoms with Crippen LogP contribution in [0.2, 0.25) is 0 Å². The number of benzene rings is 1. The van der Waals surface area contributed by atoms with Gasteiger partial charge in [-0.1, -0.05) is 44.2 Å². The molecule has 0 bridgehead atoms. The normalized spacial score (nSPS) is 13.1. The highest BCUT2D eigenvalue weighted by Gasteiger charge is 2.30. The third kappa shape index (κ3) is 10.6. The summed E-state index contributed by atoms with van der Waals surface area (Å²) in [5.74, 6) is -0.832. The lowest BCUT2D eigenvalue weighted by Gasteiger charge is -2.25. The summed E-state index contributed by atoms with van der Waals surface area (Å²) in [6.45, 7) is 9.87. The Bertz CT molecular complexity index is 966. The number of amides is 2. The van der Waals surface area contributed by atoms with Crippen LogP contribution in [0.15, 0.2) is 49.1 Å². The molecular weight excluding hydrogens is 448 g/mol. The van der Waals surface area contributed by atoms with Gasteiger partial charge >= 0.3 is 12.1 Å². The van der Waals surface area contributed by atoms with Gasteiger partial charge in [0, 0.05) is 6.42 Å². The highest BCUT2D eigenvalue weighted by Crippen LogP contribution is 2.11. The Morgan fingerprint density at radius 2 is 1.74 bits per heavy atom. The number of aromatic nitrogens is 2. The highest BCUT2D eigenvalue weighted by molar-refractivity contribution is 5.90. The van der Waals surface area contributed by atoms with Crippen LogP contribution in [-0.2, 0) is 39.1 Å². The molecule has 2 N–H and O–H groups in total. The molecule has 0 fully saturated rings. The highest BCUT2D eigenvalue weighted by atomic mass is 16.6. The van der Waals surface area contributed by atoms with Gasteiger partial charge in [-0.15, -0.1) is 0 Å². The zero-order valence-corrected chi connectivity index (χ0v) is 21.6. The number of aryl methyl sites for hydroxylation is 1. The number of hydrogen-bond donors (Lipinski definition) is 2. The second kappa shape index (κ2) is 12.9. The number of esters is 1. The van der Waals surface area contributed by atoms with Gasteiger partial charge in [0.1, 0.15) is 43.2 Å². The Balaban J connectivity index is 2.07. The molecule has 9 heteroatoms. The number of nitrogens with zero attached hydrogens (tertiary/aromatic N) is 2. The van der Waals surface area contributed by atoms with E-state index in [0.29, 0.717) is 13.0 Å². The van der Waals surface area contributed by atoms with Crippen LogP contribution in [0, 0.1) is 5.92 Å². The van der Waals surface area contributed by atoms with Crippen LogP contribution >= 0.6 is 0 Å². The molecule has 192 valence electrons. The van der Waals surface area contributed by atoms with E-state index in [1.165, 1.54) is 0 Å². The molecule has 9 nitrogen and oxygen atoms in total. The van der Waals surface area contributed by atoms with Crippen molar-refractivity contribution in [2.24, 2.45) is 13.0 Å². The molecule has 1 aromatic heterocycles. The van der Waals surface area contributed by atoms with Gasteiger partial charge in [-0.2, -0.15) is 0 Å². The van der Waals surface area contributed by atoms with Crippen molar-refractivity contribution in [1.29, 1.82) is 0 Å². The molecule has 1 heterocycles. The number of hydrogen-bond acceptors (Lipinski definition) is 5. The van der Waals surface area contributed by atoms with Crippen LogP contribution in [0.25, 0.3) is 0 Å². The van der Waals surface area contributed by atoms with Gasteiger partial charge in [0.2, 0.25) is 12.2 Å². The summed E-state index contributed by atoms with van der Waals surface area (Å²) in [7, 11) is 1.91. The molecule has 0 aliphatic carbocycles. The van der Waals surface area contributed by atoms with Crippen molar-refractivity contribution in [3.05, 3.63) is 54.6 Å². The third-order valence-electron chi connectivity index (χ3n) is 5.02. The molecule has 0 aliphatic heterocycles. The average molecular weight is 488 g/mol. The number of carbonyl (C=O) groups excluding carboxylic acids is 3. The predicted molar refractivity (Wildman–Crippen MR) is 131 cm³/mol. The second-order valence-electron chi connectivity index (χ2n) is 10.1. The molecule has 0 unspecified atom stereocenters. The minimum absolute atomic E-state index is 0.141. The molecule has 0 spiro atoms. The first-order valence-corrected chi connectivity index (χ1v) is 11.9. The first-order valence-electron chi connectivity index (χ1n) is 11.9. The minimum atomic E-state index is -0.922. The van der Waals surface area contributed by atoms with E-state index < -0.39 is 35.7 Å². The van der Waals surface area contributed by atoms with Gasteiger partial charge in [-0.05, 0) is 38.7 Å². The number of alkyl carbamates (subject to hydrolysis) is 1. The fourth-order valence-electron chi connectivity index (χ4n) is 3.45. The fraction of sp³-hybridized carbons (Fsp3) is 0.538. The average Bonchev–Trinajstić information content (AvgIpc) is 3.16. The number of imidazole rings is 1. The van der Waals surface area contributed by atoms with Gasteiger partial charge in [0.15, 0.2) is 0 Å². The van der Waals surface area contributed by atoms with Crippen LogP contribution < -0.4 is 15.2 Å². The van der Waals surface area contributed by atoms with Crippen molar-refractivity contribution >= 4 is 18.0 Å². The van der Waals surface area contributed by atoms with Crippen LogP contribution in [0.5, 0.6) is 0 Å². The maximum atomic E-state index is 13.2. The molecule has 0 aliphatic rings. The third-order valence-corrected chi connectivity index (χ3v) is 5.02. The number of carbonyl (C=O) groups is 3. The topological polar surface area (TPSA) is 103 Å².